The minimum Gasteiger partial charge on any atom is -0.436 e. The molecule has 92 valence electrons. The first-order chi connectivity index (χ1) is 6.47. The Labute approximate surface area is 95.9 Å². The molecule has 0 heterocycles. The Kier molecular flexibility index (Phi) is 5.38. The fourth-order valence-corrected chi connectivity index (χ4v) is 11.7. The van der Waals surface area contributed by atoms with E-state index in [0.29, 0.717) is 6.04 Å². The van der Waals surface area contributed by atoms with Gasteiger partial charge in [0.2, 0.25) is 0 Å². The molecule has 15 heavy (non-hydrogen) atoms. The molecule has 0 bridgehead atoms. The first kappa shape index (κ1) is 15.5. The van der Waals surface area contributed by atoms with Crippen LogP contribution < -0.4 is 0 Å². The lowest BCUT2D eigenvalue weighted by molar-refractivity contribution is 0.309. The topological polar surface area (TPSA) is 58.9 Å². The van der Waals surface area contributed by atoms with Crippen LogP contribution >= 0.6 is 0 Å². The second kappa shape index (κ2) is 5.21. The van der Waals surface area contributed by atoms with E-state index in [-0.39, 0.29) is 0 Å². The van der Waals surface area contributed by atoms with E-state index in [0.717, 1.165) is 6.04 Å². The maximum Gasteiger partial charge on any atom is 0.329 e. The zero-order chi connectivity index (χ0) is 12.3. The highest BCUT2D eigenvalue weighted by Crippen LogP contribution is 2.22. The van der Waals surface area contributed by atoms with Gasteiger partial charge in [0, 0.05) is 7.11 Å². The standard InChI is InChI=1S/C8H24O4Si3/c1-11-14(4,5)12-13(2,3)7-8-15(6,9)10/h9-10H,7-8H2,1-6H3. The van der Waals surface area contributed by atoms with Crippen LogP contribution in [-0.4, -0.2) is 42.1 Å². The Bertz CT molecular complexity index is 201. The van der Waals surface area contributed by atoms with Crippen molar-refractivity contribution in [2.75, 3.05) is 7.11 Å². The summed E-state index contributed by atoms with van der Waals surface area (Å²) < 4.78 is 11.4. The van der Waals surface area contributed by atoms with Crippen molar-refractivity contribution in [3.8, 4) is 0 Å². The molecule has 4 nitrogen and oxygen atoms in total. The van der Waals surface area contributed by atoms with Gasteiger partial charge in [-0.2, -0.15) is 0 Å². The van der Waals surface area contributed by atoms with Crippen LogP contribution in [0.1, 0.15) is 0 Å². The van der Waals surface area contributed by atoms with Crippen LogP contribution in [0.5, 0.6) is 0 Å². The lowest BCUT2D eigenvalue weighted by Crippen LogP contribution is -2.47. The van der Waals surface area contributed by atoms with E-state index < -0.39 is 25.4 Å². The summed E-state index contributed by atoms with van der Waals surface area (Å²) in [4.78, 5) is 18.8. The van der Waals surface area contributed by atoms with Crippen LogP contribution in [0.4, 0.5) is 0 Å². The molecular formula is C8H24O4Si3. The number of hydrogen-bond acceptors (Lipinski definition) is 4. The lowest BCUT2D eigenvalue weighted by Gasteiger charge is -2.33. The van der Waals surface area contributed by atoms with Crippen LogP contribution in [0.3, 0.4) is 0 Å². The molecule has 0 spiro atoms. The molecule has 0 aliphatic carbocycles. The molecule has 0 aliphatic heterocycles. The predicted octanol–water partition coefficient (Wildman–Crippen LogP) is 1.61. The van der Waals surface area contributed by atoms with Gasteiger partial charge >= 0.3 is 17.1 Å². The average Bonchev–Trinajstić information content (AvgIpc) is 1.98. The third kappa shape index (κ3) is 8.31. The van der Waals surface area contributed by atoms with Gasteiger partial charge in [-0.05, 0) is 44.8 Å². The van der Waals surface area contributed by atoms with Gasteiger partial charge in [-0.25, -0.2) is 0 Å². The largest absolute Gasteiger partial charge is 0.436 e. The van der Waals surface area contributed by atoms with Crippen molar-refractivity contribution in [3.05, 3.63) is 0 Å². The summed E-state index contributed by atoms with van der Waals surface area (Å²) >= 11 is 0. The summed E-state index contributed by atoms with van der Waals surface area (Å²) in [5.74, 6) is 0. The van der Waals surface area contributed by atoms with Gasteiger partial charge < -0.3 is 18.1 Å². The third-order valence-corrected chi connectivity index (χ3v) is 10.5. The molecule has 0 rings (SSSR count). The first-order valence-corrected chi connectivity index (χ1v) is 13.7. The highest BCUT2D eigenvalue weighted by molar-refractivity contribution is 6.83. The SMILES string of the molecule is CO[Si](C)(C)O[Si](C)(C)CC[Si](C)(O)O. The molecule has 0 aliphatic rings. The normalized spacial score (nSPS) is 14.4. The summed E-state index contributed by atoms with van der Waals surface area (Å²) in [7, 11) is -5.06. The second-order valence-electron chi connectivity index (χ2n) is 5.18. The summed E-state index contributed by atoms with van der Waals surface area (Å²) in [6.07, 6.45) is 0. The Hall–Kier alpha value is 0.491. The third-order valence-electron chi connectivity index (χ3n) is 2.21. The minimum atomic E-state index is -2.92. The lowest BCUT2D eigenvalue weighted by atomic mass is 10.9. The molecular weight excluding hydrogens is 244 g/mol. The second-order valence-corrected chi connectivity index (χ2v) is 16.2. The van der Waals surface area contributed by atoms with E-state index in [9.17, 15) is 9.59 Å². The molecule has 0 radical (unpaired) electrons. The van der Waals surface area contributed by atoms with E-state index in [4.69, 9.17) is 8.54 Å². The highest BCUT2D eigenvalue weighted by Gasteiger charge is 2.36. The molecule has 0 saturated heterocycles. The predicted molar refractivity (Wildman–Crippen MR) is 68.7 cm³/mol. The highest BCUT2D eigenvalue weighted by atomic mass is 28.4. The van der Waals surface area contributed by atoms with E-state index >= 15 is 0 Å². The van der Waals surface area contributed by atoms with Crippen molar-refractivity contribution >= 4 is 25.4 Å². The summed E-state index contributed by atoms with van der Waals surface area (Å²) in [5, 5.41) is 0. The van der Waals surface area contributed by atoms with E-state index in [1.807, 2.05) is 13.1 Å². The fraction of sp³-hybridized carbons (Fsp3) is 1.00. The maximum absolute atomic E-state index is 9.38. The van der Waals surface area contributed by atoms with Crippen molar-refractivity contribution in [2.45, 2.75) is 44.8 Å². The van der Waals surface area contributed by atoms with Gasteiger partial charge in [0.1, 0.15) is 0 Å². The summed E-state index contributed by atoms with van der Waals surface area (Å²) in [6.45, 7) is 9.75. The van der Waals surface area contributed by atoms with Gasteiger partial charge in [0.05, 0.1) is 0 Å². The van der Waals surface area contributed by atoms with Gasteiger partial charge in [0.15, 0.2) is 8.32 Å². The van der Waals surface area contributed by atoms with Crippen molar-refractivity contribution in [2.24, 2.45) is 0 Å². The van der Waals surface area contributed by atoms with Gasteiger partial charge in [-0.1, -0.05) is 0 Å². The Morgan fingerprint density at radius 1 is 0.933 bits per heavy atom. The van der Waals surface area contributed by atoms with Crippen molar-refractivity contribution < 1.29 is 18.1 Å². The van der Waals surface area contributed by atoms with Gasteiger partial charge in [0.25, 0.3) is 0 Å². The summed E-state index contributed by atoms with van der Waals surface area (Å²) in [5.41, 5.74) is 0. The molecule has 0 saturated carbocycles. The molecule has 7 heteroatoms. The Morgan fingerprint density at radius 2 is 1.40 bits per heavy atom. The monoisotopic (exact) mass is 268 g/mol. The minimum absolute atomic E-state index is 0.487. The molecule has 0 aromatic carbocycles. The van der Waals surface area contributed by atoms with Crippen molar-refractivity contribution in [3.63, 3.8) is 0 Å². The quantitative estimate of drug-likeness (QED) is 0.719. The Balaban J connectivity index is 4.19. The van der Waals surface area contributed by atoms with Crippen molar-refractivity contribution in [1.29, 1.82) is 0 Å². The van der Waals surface area contributed by atoms with Crippen LogP contribution in [0.15, 0.2) is 0 Å². The van der Waals surface area contributed by atoms with Crippen LogP contribution in [0, 0.1) is 0 Å². The molecule has 0 aromatic heterocycles. The molecule has 0 amide bonds. The summed E-state index contributed by atoms with van der Waals surface area (Å²) in [6, 6.07) is 1.27. The smallest absolute Gasteiger partial charge is 0.329 e. The molecule has 0 unspecified atom stereocenters. The molecule has 0 atom stereocenters. The average molecular weight is 269 g/mol. The Morgan fingerprint density at radius 3 is 1.73 bits per heavy atom. The molecule has 2 N–H and O–H groups in total. The number of rotatable bonds is 6. The zero-order valence-electron chi connectivity index (χ0n) is 10.6. The van der Waals surface area contributed by atoms with E-state index in [2.05, 4.69) is 13.1 Å². The maximum atomic E-state index is 9.38. The number of hydrogen-bond donors (Lipinski definition) is 2. The first-order valence-electron chi connectivity index (χ1n) is 5.17. The molecule has 0 fully saturated rings. The van der Waals surface area contributed by atoms with E-state index in [1.165, 1.54) is 6.55 Å². The van der Waals surface area contributed by atoms with Crippen LogP contribution in [0.25, 0.3) is 0 Å². The van der Waals surface area contributed by atoms with Gasteiger partial charge in [-0.3, -0.25) is 0 Å². The molecule has 0 aromatic rings. The van der Waals surface area contributed by atoms with E-state index in [1.54, 1.807) is 7.11 Å². The van der Waals surface area contributed by atoms with Crippen LogP contribution in [0.2, 0.25) is 44.8 Å². The van der Waals surface area contributed by atoms with Gasteiger partial charge in [-0.15, -0.1) is 0 Å². The zero-order valence-corrected chi connectivity index (χ0v) is 13.6. The van der Waals surface area contributed by atoms with Crippen molar-refractivity contribution in [1.82, 2.24) is 0 Å². The fourth-order valence-electron chi connectivity index (χ4n) is 1.30. The van der Waals surface area contributed by atoms with Crippen LogP contribution in [-0.2, 0) is 8.54 Å².